The molecule has 0 aromatic carbocycles. The van der Waals surface area contributed by atoms with Gasteiger partial charge < -0.3 is 9.64 Å². The zero-order valence-electron chi connectivity index (χ0n) is 11.9. The minimum atomic E-state index is 0.229. The number of hydrogen-bond acceptors (Lipinski definition) is 3. The molecule has 0 spiro atoms. The first-order valence-electron chi connectivity index (χ1n) is 7.20. The number of carbonyl (C=O) groups excluding carboxylic acids is 1. The van der Waals surface area contributed by atoms with Gasteiger partial charge in [-0.15, -0.1) is 11.3 Å². The highest BCUT2D eigenvalue weighted by Crippen LogP contribution is 2.24. The molecule has 0 radical (unpaired) electrons. The van der Waals surface area contributed by atoms with Crippen LogP contribution in [-0.4, -0.2) is 37.6 Å². The summed E-state index contributed by atoms with van der Waals surface area (Å²) in [6.07, 6.45) is 5.06. The predicted octanol–water partition coefficient (Wildman–Crippen LogP) is 3.61. The number of amides is 1. The van der Waals surface area contributed by atoms with Crippen LogP contribution in [0.2, 0.25) is 4.34 Å². The van der Waals surface area contributed by atoms with Crippen molar-refractivity contribution in [3.05, 3.63) is 21.3 Å². The summed E-state index contributed by atoms with van der Waals surface area (Å²) in [4.78, 5) is 15.5. The Labute approximate surface area is 129 Å². The molecule has 112 valence electrons. The van der Waals surface area contributed by atoms with Crippen molar-refractivity contribution in [1.82, 2.24) is 4.90 Å². The van der Waals surface area contributed by atoms with E-state index in [-0.39, 0.29) is 5.91 Å². The van der Waals surface area contributed by atoms with E-state index in [0.29, 0.717) is 12.3 Å². The van der Waals surface area contributed by atoms with E-state index in [1.54, 1.807) is 7.11 Å². The minimum absolute atomic E-state index is 0.229. The highest BCUT2D eigenvalue weighted by atomic mass is 35.5. The Morgan fingerprint density at radius 3 is 3.05 bits per heavy atom. The van der Waals surface area contributed by atoms with Gasteiger partial charge in [-0.25, -0.2) is 0 Å². The van der Waals surface area contributed by atoms with Crippen LogP contribution in [0.1, 0.15) is 30.6 Å². The van der Waals surface area contributed by atoms with Crippen molar-refractivity contribution < 1.29 is 9.53 Å². The fourth-order valence-electron chi connectivity index (χ4n) is 2.68. The van der Waals surface area contributed by atoms with Crippen molar-refractivity contribution in [1.29, 1.82) is 0 Å². The molecule has 1 atom stereocenters. The first kappa shape index (κ1) is 15.8. The second-order valence-corrected chi connectivity index (χ2v) is 7.17. The number of thiophene rings is 1. The van der Waals surface area contributed by atoms with Crippen LogP contribution >= 0.6 is 22.9 Å². The van der Waals surface area contributed by atoms with Gasteiger partial charge >= 0.3 is 0 Å². The SMILES string of the molecule is COCC[C@@H]1CCCCN(C(=O)Cc2ccc(Cl)s2)C1. The molecule has 0 N–H and O–H groups in total. The maximum Gasteiger partial charge on any atom is 0.227 e. The summed E-state index contributed by atoms with van der Waals surface area (Å²) in [6.45, 7) is 2.55. The third-order valence-corrected chi connectivity index (χ3v) is 5.04. The molecule has 1 aromatic rings. The standard InChI is InChI=1S/C15H22ClNO2S/c1-19-9-7-12-4-2-3-8-17(11-12)15(18)10-13-5-6-14(16)20-13/h5-6,12H,2-4,7-11H2,1H3/t12-/m0/s1. The molecular weight excluding hydrogens is 294 g/mol. The lowest BCUT2D eigenvalue weighted by Gasteiger charge is -2.24. The Morgan fingerprint density at radius 1 is 1.50 bits per heavy atom. The summed E-state index contributed by atoms with van der Waals surface area (Å²) in [5.74, 6) is 0.807. The molecule has 5 heteroatoms. The molecule has 0 aliphatic carbocycles. The molecule has 1 amide bonds. The van der Waals surface area contributed by atoms with E-state index in [0.717, 1.165) is 41.8 Å². The summed E-state index contributed by atoms with van der Waals surface area (Å²) in [7, 11) is 1.74. The van der Waals surface area contributed by atoms with E-state index in [1.807, 2.05) is 17.0 Å². The van der Waals surface area contributed by atoms with Crippen LogP contribution in [0.15, 0.2) is 12.1 Å². The van der Waals surface area contributed by atoms with Crippen molar-refractivity contribution in [3.8, 4) is 0 Å². The summed E-state index contributed by atoms with van der Waals surface area (Å²) < 4.78 is 5.91. The highest BCUT2D eigenvalue weighted by Gasteiger charge is 2.22. The smallest absolute Gasteiger partial charge is 0.227 e. The first-order chi connectivity index (χ1) is 9.69. The highest BCUT2D eigenvalue weighted by molar-refractivity contribution is 7.16. The van der Waals surface area contributed by atoms with Gasteiger partial charge in [0.1, 0.15) is 0 Å². The van der Waals surface area contributed by atoms with Crippen LogP contribution in [0, 0.1) is 5.92 Å². The topological polar surface area (TPSA) is 29.5 Å². The summed E-state index contributed by atoms with van der Waals surface area (Å²) in [6, 6.07) is 3.81. The Balaban J connectivity index is 1.89. The van der Waals surface area contributed by atoms with Gasteiger partial charge in [0.2, 0.25) is 5.91 Å². The van der Waals surface area contributed by atoms with E-state index in [1.165, 1.54) is 24.2 Å². The lowest BCUT2D eigenvalue weighted by Crippen LogP contribution is -2.35. The molecule has 1 saturated heterocycles. The van der Waals surface area contributed by atoms with Gasteiger partial charge in [-0.1, -0.05) is 18.0 Å². The van der Waals surface area contributed by atoms with Crippen LogP contribution in [0.5, 0.6) is 0 Å². The maximum atomic E-state index is 12.4. The second-order valence-electron chi connectivity index (χ2n) is 5.37. The normalized spacial score (nSPS) is 19.9. The van der Waals surface area contributed by atoms with E-state index >= 15 is 0 Å². The number of hydrogen-bond donors (Lipinski definition) is 0. The van der Waals surface area contributed by atoms with Gasteiger partial charge in [0.15, 0.2) is 0 Å². The summed E-state index contributed by atoms with van der Waals surface area (Å²) in [5.41, 5.74) is 0. The fourth-order valence-corrected chi connectivity index (χ4v) is 3.76. The molecule has 1 aromatic heterocycles. The average molecular weight is 316 g/mol. The lowest BCUT2D eigenvalue weighted by molar-refractivity contribution is -0.130. The van der Waals surface area contributed by atoms with Crippen LogP contribution in [-0.2, 0) is 16.0 Å². The molecule has 2 heterocycles. The van der Waals surface area contributed by atoms with E-state index in [9.17, 15) is 4.79 Å². The third kappa shape index (κ3) is 4.76. The molecule has 1 fully saturated rings. The number of carbonyl (C=O) groups is 1. The zero-order valence-corrected chi connectivity index (χ0v) is 13.5. The van der Waals surface area contributed by atoms with Gasteiger partial charge in [0.25, 0.3) is 0 Å². The van der Waals surface area contributed by atoms with Crippen molar-refractivity contribution in [2.45, 2.75) is 32.1 Å². The van der Waals surface area contributed by atoms with Crippen molar-refractivity contribution >= 4 is 28.8 Å². The van der Waals surface area contributed by atoms with Gasteiger partial charge in [-0.2, -0.15) is 0 Å². The Hall–Kier alpha value is -0.580. The van der Waals surface area contributed by atoms with Crippen molar-refractivity contribution in [2.24, 2.45) is 5.92 Å². The van der Waals surface area contributed by atoms with Gasteiger partial charge in [-0.3, -0.25) is 4.79 Å². The third-order valence-electron chi connectivity index (χ3n) is 3.81. The molecule has 1 aliphatic rings. The number of halogens is 1. The fraction of sp³-hybridized carbons (Fsp3) is 0.667. The summed E-state index contributed by atoms with van der Waals surface area (Å²) >= 11 is 7.41. The Bertz CT molecular complexity index is 435. The maximum absolute atomic E-state index is 12.4. The second kappa shape index (κ2) is 8.01. The largest absolute Gasteiger partial charge is 0.385 e. The van der Waals surface area contributed by atoms with Crippen LogP contribution in [0.4, 0.5) is 0 Å². The first-order valence-corrected chi connectivity index (χ1v) is 8.39. The number of ether oxygens (including phenoxy) is 1. The van der Waals surface area contributed by atoms with Crippen LogP contribution < -0.4 is 0 Å². The Kier molecular flexibility index (Phi) is 6.33. The molecular formula is C15H22ClNO2S. The van der Waals surface area contributed by atoms with Crippen LogP contribution in [0.3, 0.4) is 0 Å². The monoisotopic (exact) mass is 315 g/mol. The Morgan fingerprint density at radius 2 is 2.35 bits per heavy atom. The molecule has 0 saturated carbocycles. The predicted molar refractivity (Wildman–Crippen MR) is 83.4 cm³/mol. The van der Waals surface area contributed by atoms with Gasteiger partial charge in [0, 0.05) is 31.7 Å². The number of methoxy groups -OCH3 is 1. The molecule has 2 rings (SSSR count). The molecule has 0 unspecified atom stereocenters. The molecule has 1 aliphatic heterocycles. The number of likely N-dealkylation sites (tertiary alicyclic amines) is 1. The van der Waals surface area contributed by atoms with Gasteiger partial charge in [0.05, 0.1) is 10.8 Å². The minimum Gasteiger partial charge on any atom is -0.385 e. The molecule has 0 bridgehead atoms. The van der Waals surface area contributed by atoms with Crippen molar-refractivity contribution in [3.63, 3.8) is 0 Å². The summed E-state index contributed by atoms with van der Waals surface area (Å²) in [5, 5.41) is 0. The van der Waals surface area contributed by atoms with E-state index < -0.39 is 0 Å². The number of rotatable bonds is 5. The zero-order chi connectivity index (χ0) is 14.4. The number of nitrogens with zero attached hydrogens (tertiary/aromatic N) is 1. The van der Waals surface area contributed by atoms with E-state index in [4.69, 9.17) is 16.3 Å². The molecule has 3 nitrogen and oxygen atoms in total. The quantitative estimate of drug-likeness (QED) is 0.830. The lowest BCUT2D eigenvalue weighted by atomic mass is 10.00. The average Bonchev–Trinajstić information content (AvgIpc) is 2.71. The molecule has 20 heavy (non-hydrogen) atoms. The van der Waals surface area contributed by atoms with Crippen molar-refractivity contribution in [2.75, 3.05) is 26.8 Å². The van der Waals surface area contributed by atoms with Crippen LogP contribution in [0.25, 0.3) is 0 Å². The van der Waals surface area contributed by atoms with E-state index in [2.05, 4.69) is 0 Å². The van der Waals surface area contributed by atoms with Gasteiger partial charge in [-0.05, 0) is 37.3 Å².